The lowest BCUT2D eigenvalue weighted by molar-refractivity contribution is 0.601. The van der Waals surface area contributed by atoms with Crippen LogP contribution in [0, 0.1) is 12.7 Å². The molecule has 0 atom stereocenters. The fourth-order valence-electron chi connectivity index (χ4n) is 1.60. The summed E-state index contributed by atoms with van der Waals surface area (Å²) in [5.41, 5.74) is 0.745. The molecule has 1 N–H and O–H groups in total. The largest absolute Gasteiger partial charge is 0.279 e. The maximum Gasteiger partial charge on any atom is 0.263 e. The van der Waals surface area contributed by atoms with E-state index in [1.807, 2.05) is 0 Å². The highest BCUT2D eigenvalue weighted by molar-refractivity contribution is 7.92. The molecule has 0 unspecified atom stereocenters. The number of aryl methyl sites for hydroxylation is 1. The first-order valence-corrected chi connectivity index (χ1v) is 7.78. The Bertz CT molecular complexity index is 763. The zero-order valence-electron chi connectivity index (χ0n) is 10.3. The lowest BCUT2D eigenvalue weighted by atomic mass is 10.2. The zero-order valence-corrected chi connectivity index (χ0v) is 12.7. The summed E-state index contributed by atoms with van der Waals surface area (Å²) < 4.78 is 40.0. The van der Waals surface area contributed by atoms with Crippen LogP contribution in [0.4, 0.5) is 10.1 Å². The Morgan fingerprint density at radius 3 is 2.55 bits per heavy atom. The lowest BCUT2D eigenvalue weighted by Gasteiger charge is -2.12. The molecule has 0 aromatic heterocycles. The van der Waals surface area contributed by atoms with Gasteiger partial charge in [-0.05, 0) is 36.8 Å². The Hall–Kier alpha value is -1.30. The summed E-state index contributed by atoms with van der Waals surface area (Å²) in [6, 6.07) is 8.11. The van der Waals surface area contributed by atoms with Crippen LogP contribution in [0.1, 0.15) is 5.56 Å². The van der Waals surface area contributed by atoms with Crippen LogP contribution in [0.15, 0.2) is 41.3 Å². The van der Waals surface area contributed by atoms with Gasteiger partial charge in [0.25, 0.3) is 10.0 Å². The van der Waals surface area contributed by atoms with Crippen LogP contribution in [0.3, 0.4) is 0 Å². The number of nitrogens with one attached hydrogen (secondary N) is 1. The Kier molecular flexibility index (Phi) is 4.22. The summed E-state index contributed by atoms with van der Waals surface area (Å²) in [6.07, 6.45) is 0. The smallest absolute Gasteiger partial charge is 0.263 e. The second kappa shape index (κ2) is 5.60. The molecule has 2 aromatic rings. The van der Waals surface area contributed by atoms with Gasteiger partial charge in [-0.25, -0.2) is 12.8 Å². The van der Waals surface area contributed by atoms with Crippen LogP contribution < -0.4 is 4.72 Å². The van der Waals surface area contributed by atoms with Crippen molar-refractivity contribution in [3.05, 3.63) is 57.8 Å². The predicted molar refractivity (Wildman–Crippen MR) is 78.4 cm³/mol. The third-order valence-corrected chi connectivity index (χ3v) is 4.99. The van der Waals surface area contributed by atoms with Gasteiger partial charge in [0.15, 0.2) is 0 Å². The quantitative estimate of drug-likeness (QED) is 0.912. The lowest BCUT2D eigenvalue weighted by Crippen LogP contribution is -2.14. The van der Waals surface area contributed by atoms with Crippen molar-refractivity contribution >= 4 is 38.9 Å². The minimum absolute atomic E-state index is 0.0734. The van der Waals surface area contributed by atoms with E-state index in [4.69, 9.17) is 23.2 Å². The van der Waals surface area contributed by atoms with Crippen molar-refractivity contribution < 1.29 is 12.8 Å². The SMILES string of the molecule is Cc1ccc(F)cc1NS(=O)(=O)c1cccc(Cl)c1Cl. The van der Waals surface area contributed by atoms with E-state index in [1.54, 1.807) is 6.92 Å². The molecule has 0 aliphatic carbocycles. The van der Waals surface area contributed by atoms with E-state index in [0.29, 0.717) is 5.56 Å². The van der Waals surface area contributed by atoms with Crippen molar-refractivity contribution in [3.8, 4) is 0 Å². The summed E-state index contributed by atoms with van der Waals surface area (Å²) >= 11 is 11.7. The van der Waals surface area contributed by atoms with Crippen LogP contribution in [0.2, 0.25) is 10.0 Å². The van der Waals surface area contributed by atoms with Crippen molar-refractivity contribution in [1.82, 2.24) is 0 Å². The minimum atomic E-state index is -3.94. The molecule has 7 heteroatoms. The molecule has 0 aliphatic rings. The van der Waals surface area contributed by atoms with Crippen LogP contribution in [0.5, 0.6) is 0 Å². The van der Waals surface area contributed by atoms with E-state index in [9.17, 15) is 12.8 Å². The summed E-state index contributed by atoms with van der Waals surface area (Å²) in [7, 11) is -3.94. The number of hydrogen-bond acceptors (Lipinski definition) is 2. The molecule has 2 aromatic carbocycles. The molecular formula is C13H10Cl2FNO2S. The van der Waals surface area contributed by atoms with Crippen LogP contribution >= 0.6 is 23.2 Å². The highest BCUT2D eigenvalue weighted by atomic mass is 35.5. The molecular weight excluding hydrogens is 324 g/mol. The monoisotopic (exact) mass is 333 g/mol. The molecule has 0 bridgehead atoms. The van der Waals surface area contributed by atoms with Gasteiger partial charge in [-0.15, -0.1) is 0 Å². The molecule has 0 radical (unpaired) electrons. The minimum Gasteiger partial charge on any atom is -0.279 e. The summed E-state index contributed by atoms with van der Waals surface area (Å²) in [5.74, 6) is -0.537. The molecule has 0 saturated heterocycles. The van der Waals surface area contributed by atoms with Gasteiger partial charge in [0.05, 0.1) is 15.7 Å². The highest BCUT2D eigenvalue weighted by Gasteiger charge is 2.20. The van der Waals surface area contributed by atoms with Crippen molar-refractivity contribution in [3.63, 3.8) is 0 Å². The fourth-order valence-corrected chi connectivity index (χ4v) is 3.48. The maximum absolute atomic E-state index is 13.2. The average molecular weight is 334 g/mol. The van der Waals surface area contributed by atoms with Crippen LogP contribution in [-0.2, 0) is 10.0 Å². The Morgan fingerprint density at radius 1 is 1.15 bits per heavy atom. The summed E-state index contributed by atoms with van der Waals surface area (Å²) in [5, 5.41) is 0.0567. The van der Waals surface area contributed by atoms with Gasteiger partial charge in [0.2, 0.25) is 0 Å². The van der Waals surface area contributed by atoms with Gasteiger partial charge >= 0.3 is 0 Å². The molecule has 0 fully saturated rings. The summed E-state index contributed by atoms with van der Waals surface area (Å²) in [4.78, 5) is -0.157. The first-order chi connectivity index (χ1) is 9.31. The van der Waals surface area contributed by atoms with Crippen molar-refractivity contribution in [2.75, 3.05) is 4.72 Å². The number of rotatable bonds is 3. The Balaban J connectivity index is 2.46. The molecule has 0 aliphatic heterocycles. The Morgan fingerprint density at radius 2 is 1.85 bits per heavy atom. The van der Waals surface area contributed by atoms with E-state index < -0.39 is 15.8 Å². The number of hydrogen-bond donors (Lipinski definition) is 1. The van der Waals surface area contributed by atoms with Gasteiger partial charge in [-0.2, -0.15) is 0 Å². The van der Waals surface area contributed by atoms with E-state index in [2.05, 4.69) is 4.72 Å². The summed E-state index contributed by atoms with van der Waals surface area (Å²) in [6.45, 7) is 1.66. The van der Waals surface area contributed by atoms with Gasteiger partial charge in [0, 0.05) is 0 Å². The third-order valence-electron chi connectivity index (χ3n) is 2.65. The van der Waals surface area contributed by atoms with E-state index in [0.717, 1.165) is 6.07 Å². The average Bonchev–Trinajstić information content (AvgIpc) is 2.36. The normalized spacial score (nSPS) is 11.4. The van der Waals surface area contributed by atoms with E-state index in [-0.39, 0.29) is 20.6 Å². The Labute approximate surface area is 126 Å². The molecule has 20 heavy (non-hydrogen) atoms. The topological polar surface area (TPSA) is 46.2 Å². The van der Waals surface area contributed by atoms with Gasteiger partial charge < -0.3 is 0 Å². The van der Waals surface area contributed by atoms with E-state index in [1.165, 1.54) is 30.3 Å². The molecule has 0 spiro atoms. The van der Waals surface area contributed by atoms with Crippen molar-refractivity contribution in [2.24, 2.45) is 0 Å². The first kappa shape index (κ1) is 15.1. The number of halogens is 3. The van der Waals surface area contributed by atoms with Crippen LogP contribution in [0.25, 0.3) is 0 Å². The van der Waals surface area contributed by atoms with E-state index >= 15 is 0 Å². The second-order valence-corrected chi connectivity index (χ2v) is 6.55. The third kappa shape index (κ3) is 3.06. The maximum atomic E-state index is 13.2. The fraction of sp³-hybridized carbons (Fsp3) is 0.0769. The number of sulfonamides is 1. The van der Waals surface area contributed by atoms with Crippen molar-refractivity contribution in [2.45, 2.75) is 11.8 Å². The van der Waals surface area contributed by atoms with Gasteiger partial charge in [-0.3, -0.25) is 4.72 Å². The molecule has 2 rings (SSSR count). The molecule has 0 amide bonds. The molecule has 3 nitrogen and oxygen atoms in total. The highest BCUT2D eigenvalue weighted by Crippen LogP contribution is 2.30. The first-order valence-electron chi connectivity index (χ1n) is 5.54. The zero-order chi connectivity index (χ0) is 14.9. The standard InChI is InChI=1S/C13H10Cl2FNO2S/c1-8-5-6-9(16)7-11(8)17-20(18,19)12-4-2-3-10(14)13(12)15/h2-7,17H,1H3. The molecule has 0 heterocycles. The predicted octanol–water partition coefficient (Wildman–Crippen LogP) is 4.24. The molecule has 106 valence electrons. The molecule has 0 saturated carbocycles. The number of anilines is 1. The van der Waals surface area contributed by atoms with Gasteiger partial charge in [0.1, 0.15) is 10.7 Å². The number of benzene rings is 2. The van der Waals surface area contributed by atoms with Crippen LogP contribution in [-0.4, -0.2) is 8.42 Å². The second-order valence-electron chi connectivity index (χ2n) is 4.12. The van der Waals surface area contributed by atoms with Gasteiger partial charge in [-0.1, -0.05) is 35.3 Å². The van der Waals surface area contributed by atoms with Crippen molar-refractivity contribution in [1.29, 1.82) is 0 Å².